The molecule has 21 heavy (non-hydrogen) atoms. The van der Waals surface area contributed by atoms with Crippen LogP contribution in [0.5, 0.6) is 0 Å². The molecule has 1 saturated heterocycles. The molecule has 1 fully saturated rings. The lowest BCUT2D eigenvalue weighted by atomic mass is 9.93. The van der Waals surface area contributed by atoms with E-state index in [1.165, 1.54) is 0 Å². The van der Waals surface area contributed by atoms with E-state index in [-0.39, 0.29) is 19.1 Å². The minimum absolute atomic E-state index is 0.158. The Kier molecular flexibility index (Phi) is 3.73. The molecule has 3 rings (SSSR count). The zero-order valence-electron chi connectivity index (χ0n) is 12.3. The summed E-state index contributed by atoms with van der Waals surface area (Å²) in [4.78, 5) is 16.4. The third-order valence-corrected chi connectivity index (χ3v) is 4.46. The first-order valence-corrected chi connectivity index (χ1v) is 7.39. The van der Waals surface area contributed by atoms with Crippen molar-refractivity contribution < 1.29 is 15.0 Å². The molecule has 0 aromatic carbocycles. The Morgan fingerprint density at radius 1 is 1.48 bits per heavy atom. The number of carbonyl (C=O) groups excluding carboxylic acids is 1. The fourth-order valence-electron chi connectivity index (χ4n) is 3.17. The number of aromatic nitrogens is 2. The second-order valence-electron chi connectivity index (χ2n) is 6.23. The highest BCUT2D eigenvalue weighted by molar-refractivity contribution is 5.94. The topological polar surface area (TPSA) is 92.7 Å². The number of likely N-dealkylation sites (N-methyl/N-ethyl adjacent to an activating group) is 1. The van der Waals surface area contributed by atoms with Crippen molar-refractivity contribution in [1.82, 2.24) is 20.0 Å². The minimum atomic E-state index is -1.18. The predicted octanol–water partition coefficient (Wildman–Crippen LogP) is -0.643. The van der Waals surface area contributed by atoms with Gasteiger partial charge in [0.2, 0.25) is 0 Å². The molecule has 0 radical (unpaired) electrons. The lowest BCUT2D eigenvalue weighted by Gasteiger charge is -2.38. The second kappa shape index (κ2) is 5.40. The van der Waals surface area contributed by atoms with Crippen LogP contribution in [-0.2, 0) is 13.0 Å². The van der Waals surface area contributed by atoms with Crippen molar-refractivity contribution in [3.63, 3.8) is 0 Å². The maximum absolute atomic E-state index is 12.7. The Balaban J connectivity index is 1.81. The van der Waals surface area contributed by atoms with Crippen molar-refractivity contribution in [1.29, 1.82) is 0 Å². The molecular formula is C14H22N4O3. The van der Waals surface area contributed by atoms with Crippen molar-refractivity contribution >= 4 is 5.91 Å². The number of likely N-dealkylation sites (tertiary alicyclic amines) is 1. The maximum Gasteiger partial charge on any atom is 0.274 e. The van der Waals surface area contributed by atoms with Gasteiger partial charge >= 0.3 is 0 Å². The molecule has 0 spiro atoms. The SMILES string of the molecule is CN1CCc2[nH]nc(C(=O)N3CCC[C@](O)(CO)C3)c2C1. The first-order chi connectivity index (χ1) is 10.0. The number of amides is 1. The van der Waals surface area contributed by atoms with Crippen LogP contribution in [0.3, 0.4) is 0 Å². The van der Waals surface area contributed by atoms with Crippen molar-refractivity contribution in [3.05, 3.63) is 17.0 Å². The molecule has 0 aliphatic carbocycles. The van der Waals surface area contributed by atoms with E-state index in [1.54, 1.807) is 4.90 Å². The molecule has 0 saturated carbocycles. The van der Waals surface area contributed by atoms with Gasteiger partial charge < -0.3 is 20.0 Å². The summed E-state index contributed by atoms with van der Waals surface area (Å²) in [6, 6.07) is 0. The van der Waals surface area contributed by atoms with Crippen molar-refractivity contribution in [3.8, 4) is 0 Å². The highest BCUT2D eigenvalue weighted by Crippen LogP contribution is 2.25. The summed E-state index contributed by atoms with van der Waals surface area (Å²) in [7, 11) is 2.02. The number of H-pyrrole nitrogens is 1. The summed E-state index contributed by atoms with van der Waals surface area (Å²) in [6.07, 6.45) is 2.08. The number of aliphatic hydroxyl groups excluding tert-OH is 1. The second-order valence-corrected chi connectivity index (χ2v) is 6.23. The molecule has 7 nitrogen and oxygen atoms in total. The van der Waals surface area contributed by atoms with Gasteiger partial charge in [-0.25, -0.2) is 0 Å². The number of fused-ring (bicyclic) bond motifs is 1. The van der Waals surface area contributed by atoms with E-state index < -0.39 is 5.60 Å². The smallest absolute Gasteiger partial charge is 0.274 e. The van der Waals surface area contributed by atoms with Crippen molar-refractivity contribution in [2.45, 2.75) is 31.4 Å². The molecule has 116 valence electrons. The molecule has 2 aliphatic rings. The molecule has 3 heterocycles. The van der Waals surface area contributed by atoms with Crippen LogP contribution in [0.1, 0.15) is 34.6 Å². The first kappa shape index (κ1) is 14.5. The molecule has 1 atom stereocenters. The number of nitrogens with one attached hydrogen (secondary N) is 1. The van der Waals surface area contributed by atoms with Crippen LogP contribution >= 0.6 is 0 Å². The largest absolute Gasteiger partial charge is 0.393 e. The Labute approximate surface area is 123 Å². The number of β-amino-alcohol motifs (C(OH)–C–C–N with tert-alkyl or cyclic N) is 1. The Bertz CT molecular complexity index is 544. The zero-order valence-corrected chi connectivity index (χ0v) is 12.3. The van der Waals surface area contributed by atoms with Crippen LogP contribution < -0.4 is 0 Å². The van der Waals surface area contributed by atoms with E-state index in [0.29, 0.717) is 31.6 Å². The highest BCUT2D eigenvalue weighted by atomic mass is 16.3. The quantitative estimate of drug-likeness (QED) is 0.674. The number of aromatic amines is 1. The molecule has 0 unspecified atom stereocenters. The van der Waals surface area contributed by atoms with E-state index in [9.17, 15) is 15.0 Å². The minimum Gasteiger partial charge on any atom is -0.393 e. The number of aliphatic hydroxyl groups is 2. The first-order valence-electron chi connectivity index (χ1n) is 7.39. The van der Waals surface area contributed by atoms with Gasteiger partial charge in [-0.3, -0.25) is 9.89 Å². The number of piperidine rings is 1. The zero-order chi connectivity index (χ0) is 15.0. The van der Waals surface area contributed by atoms with E-state index in [1.807, 2.05) is 7.05 Å². The van der Waals surface area contributed by atoms with Gasteiger partial charge in [0.05, 0.1) is 13.2 Å². The van der Waals surface area contributed by atoms with Crippen LogP contribution in [0.25, 0.3) is 0 Å². The summed E-state index contributed by atoms with van der Waals surface area (Å²) >= 11 is 0. The summed E-state index contributed by atoms with van der Waals surface area (Å²) in [5, 5.41) is 26.6. The van der Waals surface area contributed by atoms with Gasteiger partial charge in [-0.2, -0.15) is 5.10 Å². The molecule has 1 aromatic rings. The number of carbonyl (C=O) groups is 1. The third kappa shape index (κ3) is 2.68. The molecule has 1 amide bonds. The Hall–Kier alpha value is -1.44. The number of hydrogen-bond donors (Lipinski definition) is 3. The van der Waals surface area contributed by atoms with Crippen LogP contribution in [0.2, 0.25) is 0 Å². The monoisotopic (exact) mass is 294 g/mol. The van der Waals surface area contributed by atoms with Crippen molar-refractivity contribution in [2.24, 2.45) is 0 Å². The maximum atomic E-state index is 12.7. The summed E-state index contributed by atoms with van der Waals surface area (Å²) in [5.74, 6) is -0.158. The number of hydrogen-bond acceptors (Lipinski definition) is 5. The van der Waals surface area contributed by atoms with Crippen LogP contribution in [0.15, 0.2) is 0 Å². The van der Waals surface area contributed by atoms with Gasteiger partial charge in [0.15, 0.2) is 5.69 Å². The molecule has 0 bridgehead atoms. The van der Waals surface area contributed by atoms with Crippen molar-refractivity contribution in [2.75, 3.05) is 33.3 Å². The fourth-order valence-corrected chi connectivity index (χ4v) is 3.17. The summed E-state index contributed by atoms with van der Waals surface area (Å²) in [5.41, 5.74) is 1.28. The lowest BCUT2D eigenvalue weighted by Crippen LogP contribution is -2.52. The fraction of sp³-hybridized carbons (Fsp3) is 0.714. The molecular weight excluding hydrogens is 272 g/mol. The summed E-state index contributed by atoms with van der Waals surface area (Å²) < 4.78 is 0. The summed E-state index contributed by atoms with van der Waals surface area (Å²) in [6.45, 7) is 2.11. The predicted molar refractivity (Wildman–Crippen MR) is 75.8 cm³/mol. The molecule has 1 aromatic heterocycles. The van der Waals surface area contributed by atoms with Gasteiger partial charge in [0, 0.05) is 37.3 Å². The lowest BCUT2D eigenvalue weighted by molar-refractivity contribution is -0.0599. The van der Waals surface area contributed by atoms with Crippen LogP contribution in [0.4, 0.5) is 0 Å². The van der Waals surface area contributed by atoms with Gasteiger partial charge in [0.1, 0.15) is 5.60 Å². The molecule has 7 heteroatoms. The number of nitrogens with zero attached hydrogens (tertiary/aromatic N) is 3. The van der Waals surface area contributed by atoms with Gasteiger partial charge in [-0.15, -0.1) is 0 Å². The standard InChI is InChI=1S/C14H22N4O3/c1-17-6-3-11-10(7-17)12(16-15-11)13(20)18-5-2-4-14(21,8-18)9-19/h19,21H,2-9H2,1H3,(H,15,16)/t14-/m1/s1. The average Bonchev–Trinajstić information content (AvgIpc) is 2.89. The third-order valence-electron chi connectivity index (χ3n) is 4.46. The normalized spacial score (nSPS) is 26.7. The Morgan fingerprint density at radius 3 is 3.05 bits per heavy atom. The van der Waals surface area contributed by atoms with E-state index >= 15 is 0 Å². The Morgan fingerprint density at radius 2 is 2.29 bits per heavy atom. The number of rotatable bonds is 2. The van der Waals surface area contributed by atoms with Gasteiger partial charge in [-0.1, -0.05) is 0 Å². The van der Waals surface area contributed by atoms with Crippen LogP contribution in [0, 0.1) is 0 Å². The van der Waals surface area contributed by atoms with Crippen LogP contribution in [-0.4, -0.2) is 75.0 Å². The molecule has 3 N–H and O–H groups in total. The van der Waals surface area contributed by atoms with E-state index in [0.717, 1.165) is 24.2 Å². The van der Waals surface area contributed by atoms with Gasteiger partial charge in [-0.05, 0) is 19.9 Å². The molecule has 2 aliphatic heterocycles. The highest BCUT2D eigenvalue weighted by Gasteiger charge is 2.36. The van der Waals surface area contributed by atoms with Gasteiger partial charge in [0.25, 0.3) is 5.91 Å². The van der Waals surface area contributed by atoms with E-state index in [2.05, 4.69) is 15.1 Å². The van der Waals surface area contributed by atoms with E-state index in [4.69, 9.17) is 0 Å². The average molecular weight is 294 g/mol.